The van der Waals surface area contributed by atoms with Gasteiger partial charge in [0, 0.05) is 18.3 Å². The van der Waals surface area contributed by atoms with Gasteiger partial charge in [0.25, 0.3) is 0 Å². The summed E-state index contributed by atoms with van der Waals surface area (Å²) in [5.41, 5.74) is 2.10. The molecular formula is C24H21FN2O5S. The van der Waals surface area contributed by atoms with Gasteiger partial charge in [-0.2, -0.15) is 4.31 Å². The summed E-state index contributed by atoms with van der Waals surface area (Å²) in [7, 11) is -4.28. The van der Waals surface area contributed by atoms with Crippen molar-refractivity contribution in [2.24, 2.45) is 0 Å². The monoisotopic (exact) mass is 468 g/mol. The second kappa shape index (κ2) is 8.49. The SMILES string of the molecule is O=C(Nc1ccc2c(c1)OCCO2)[C@H]1Cc2ccccc2CN1S(=O)(=O)c1ccccc1F. The second-order valence-corrected chi connectivity index (χ2v) is 9.68. The van der Waals surface area contributed by atoms with Crippen LogP contribution in [0.3, 0.4) is 0 Å². The van der Waals surface area contributed by atoms with Crippen LogP contribution in [0.25, 0.3) is 0 Å². The number of nitrogens with zero attached hydrogens (tertiary/aromatic N) is 1. The van der Waals surface area contributed by atoms with Gasteiger partial charge in [-0.1, -0.05) is 36.4 Å². The molecule has 0 bridgehead atoms. The maximum Gasteiger partial charge on any atom is 0.247 e. The van der Waals surface area contributed by atoms with E-state index in [2.05, 4.69) is 5.32 Å². The zero-order chi connectivity index (χ0) is 23.0. The maximum atomic E-state index is 14.4. The number of sulfonamides is 1. The highest BCUT2D eigenvalue weighted by Crippen LogP contribution is 2.34. The first-order valence-corrected chi connectivity index (χ1v) is 11.9. The summed E-state index contributed by atoms with van der Waals surface area (Å²) in [6.07, 6.45) is 0.167. The Morgan fingerprint density at radius 2 is 1.64 bits per heavy atom. The molecule has 1 atom stereocenters. The molecule has 9 heteroatoms. The molecule has 0 saturated heterocycles. The molecule has 2 aliphatic rings. The Morgan fingerprint density at radius 3 is 2.42 bits per heavy atom. The normalized spacial score (nSPS) is 17.8. The Balaban J connectivity index is 1.49. The van der Waals surface area contributed by atoms with Crippen molar-refractivity contribution in [1.29, 1.82) is 0 Å². The first-order valence-electron chi connectivity index (χ1n) is 10.5. The first-order chi connectivity index (χ1) is 15.9. The van der Waals surface area contributed by atoms with Crippen molar-refractivity contribution < 1.29 is 27.1 Å². The summed E-state index contributed by atoms with van der Waals surface area (Å²) in [6.45, 7) is 0.813. The van der Waals surface area contributed by atoms with Gasteiger partial charge in [-0.05, 0) is 41.8 Å². The molecule has 2 aliphatic heterocycles. The molecule has 7 nitrogen and oxygen atoms in total. The standard InChI is InChI=1S/C24H21FN2O5S/c25-19-7-3-4-8-23(19)33(29,30)27-15-17-6-2-1-5-16(17)13-20(27)24(28)26-18-9-10-21-22(14-18)32-12-11-31-21/h1-10,14,20H,11-13,15H2,(H,26,28)/t20-/m1/s1. The zero-order valence-corrected chi connectivity index (χ0v) is 18.3. The molecule has 2 heterocycles. The van der Waals surface area contributed by atoms with E-state index >= 15 is 0 Å². The van der Waals surface area contributed by atoms with Gasteiger partial charge in [0.1, 0.15) is 30.0 Å². The topological polar surface area (TPSA) is 84.9 Å². The van der Waals surface area contributed by atoms with Crippen molar-refractivity contribution in [1.82, 2.24) is 4.31 Å². The summed E-state index contributed by atoms with van der Waals surface area (Å²) in [4.78, 5) is 12.9. The fourth-order valence-electron chi connectivity index (χ4n) is 4.10. The summed E-state index contributed by atoms with van der Waals surface area (Å²) < 4.78 is 53.5. The molecule has 0 fully saturated rings. The van der Waals surface area contributed by atoms with E-state index in [1.807, 2.05) is 24.3 Å². The van der Waals surface area contributed by atoms with E-state index in [0.29, 0.717) is 30.4 Å². The molecule has 0 saturated carbocycles. The predicted octanol–water partition coefficient (Wildman–Crippen LogP) is 3.35. The van der Waals surface area contributed by atoms with E-state index in [9.17, 15) is 17.6 Å². The lowest BCUT2D eigenvalue weighted by Gasteiger charge is -2.35. The van der Waals surface area contributed by atoms with Gasteiger partial charge in [0.2, 0.25) is 15.9 Å². The van der Waals surface area contributed by atoms with Crippen LogP contribution in [-0.4, -0.2) is 37.9 Å². The number of hydrogen-bond donors (Lipinski definition) is 1. The van der Waals surface area contributed by atoms with E-state index in [1.54, 1.807) is 18.2 Å². The lowest BCUT2D eigenvalue weighted by atomic mass is 9.95. The number of rotatable bonds is 4. The highest BCUT2D eigenvalue weighted by molar-refractivity contribution is 7.89. The number of carbonyl (C=O) groups excluding carboxylic acids is 1. The van der Waals surface area contributed by atoms with Crippen LogP contribution in [-0.2, 0) is 27.8 Å². The van der Waals surface area contributed by atoms with Crippen LogP contribution >= 0.6 is 0 Å². The molecule has 0 aromatic heterocycles. The number of halogens is 1. The number of carbonyl (C=O) groups is 1. The number of fused-ring (bicyclic) bond motifs is 2. The van der Waals surface area contributed by atoms with Gasteiger partial charge in [-0.25, -0.2) is 12.8 Å². The lowest BCUT2D eigenvalue weighted by Crippen LogP contribution is -2.50. The average molecular weight is 469 g/mol. The van der Waals surface area contributed by atoms with E-state index in [0.717, 1.165) is 21.5 Å². The fraction of sp³-hybridized carbons (Fsp3) is 0.208. The lowest BCUT2D eigenvalue weighted by molar-refractivity contribution is -0.120. The number of anilines is 1. The van der Waals surface area contributed by atoms with Gasteiger partial charge in [0.15, 0.2) is 11.5 Å². The highest BCUT2D eigenvalue weighted by atomic mass is 32.2. The quantitative estimate of drug-likeness (QED) is 0.635. The van der Waals surface area contributed by atoms with E-state index < -0.39 is 32.7 Å². The summed E-state index contributed by atoms with van der Waals surface area (Å²) in [6, 6.07) is 16.4. The van der Waals surface area contributed by atoms with Gasteiger partial charge in [0.05, 0.1) is 0 Å². The highest BCUT2D eigenvalue weighted by Gasteiger charge is 2.40. The summed E-state index contributed by atoms with van der Waals surface area (Å²) >= 11 is 0. The van der Waals surface area contributed by atoms with Crippen molar-refractivity contribution in [3.05, 3.63) is 83.7 Å². The number of ether oxygens (including phenoxy) is 2. The van der Waals surface area contributed by atoms with Crippen molar-refractivity contribution in [3.63, 3.8) is 0 Å². The predicted molar refractivity (Wildman–Crippen MR) is 119 cm³/mol. The first kappa shape index (κ1) is 21.4. The molecular weight excluding hydrogens is 447 g/mol. The molecule has 5 rings (SSSR count). The third-order valence-corrected chi connectivity index (χ3v) is 7.63. The van der Waals surface area contributed by atoms with Crippen LogP contribution < -0.4 is 14.8 Å². The Morgan fingerprint density at radius 1 is 0.939 bits per heavy atom. The van der Waals surface area contributed by atoms with E-state index in [4.69, 9.17) is 9.47 Å². The maximum absolute atomic E-state index is 14.4. The second-order valence-electron chi connectivity index (χ2n) is 7.82. The molecule has 0 spiro atoms. The van der Waals surface area contributed by atoms with Crippen molar-refractivity contribution in [3.8, 4) is 11.5 Å². The largest absolute Gasteiger partial charge is 0.486 e. The number of benzene rings is 3. The Kier molecular flexibility index (Phi) is 5.51. The number of nitrogens with one attached hydrogen (secondary N) is 1. The molecule has 1 amide bonds. The molecule has 3 aromatic rings. The average Bonchev–Trinajstić information content (AvgIpc) is 2.83. The van der Waals surface area contributed by atoms with E-state index in [1.165, 1.54) is 18.2 Å². The van der Waals surface area contributed by atoms with Crippen LogP contribution in [0, 0.1) is 5.82 Å². The van der Waals surface area contributed by atoms with Crippen LogP contribution in [0.4, 0.5) is 10.1 Å². The molecule has 0 unspecified atom stereocenters. The third-order valence-electron chi connectivity index (χ3n) is 5.74. The zero-order valence-electron chi connectivity index (χ0n) is 17.5. The third kappa shape index (κ3) is 4.05. The van der Waals surface area contributed by atoms with Crippen LogP contribution in [0.1, 0.15) is 11.1 Å². The van der Waals surface area contributed by atoms with Crippen LogP contribution in [0.5, 0.6) is 11.5 Å². The fourth-order valence-corrected chi connectivity index (χ4v) is 5.73. The van der Waals surface area contributed by atoms with Crippen molar-refractivity contribution in [2.45, 2.75) is 23.9 Å². The Labute approximate surface area is 190 Å². The molecule has 3 aromatic carbocycles. The number of hydrogen-bond acceptors (Lipinski definition) is 5. The number of amides is 1. The van der Waals surface area contributed by atoms with Gasteiger partial charge in [-0.3, -0.25) is 4.79 Å². The van der Waals surface area contributed by atoms with E-state index in [-0.39, 0.29) is 13.0 Å². The molecule has 170 valence electrons. The van der Waals surface area contributed by atoms with Crippen molar-refractivity contribution >= 4 is 21.6 Å². The summed E-state index contributed by atoms with van der Waals surface area (Å²) in [5.74, 6) is -0.290. The van der Waals surface area contributed by atoms with Crippen LogP contribution in [0.2, 0.25) is 0 Å². The summed E-state index contributed by atoms with van der Waals surface area (Å²) in [5, 5.41) is 2.79. The molecule has 0 radical (unpaired) electrons. The molecule has 33 heavy (non-hydrogen) atoms. The van der Waals surface area contributed by atoms with Crippen molar-refractivity contribution in [2.75, 3.05) is 18.5 Å². The van der Waals surface area contributed by atoms with Crippen LogP contribution in [0.15, 0.2) is 71.6 Å². The minimum atomic E-state index is -4.28. The minimum Gasteiger partial charge on any atom is -0.486 e. The van der Waals surface area contributed by atoms with Gasteiger partial charge < -0.3 is 14.8 Å². The van der Waals surface area contributed by atoms with Gasteiger partial charge >= 0.3 is 0 Å². The molecule has 1 N–H and O–H groups in total. The smallest absolute Gasteiger partial charge is 0.247 e. The molecule has 0 aliphatic carbocycles. The van der Waals surface area contributed by atoms with Gasteiger partial charge in [-0.15, -0.1) is 0 Å². The Hall–Kier alpha value is -3.43. The minimum absolute atomic E-state index is 0.0356. The Bertz CT molecular complexity index is 1330.